The molecule has 2 amide bonds. The Bertz CT molecular complexity index is 1430. The van der Waals surface area contributed by atoms with Crippen molar-refractivity contribution in [3.63, 3.8) is 0 Å². The first kappa shape index (κ1) is 32.8. The van der Waals surface area contributed by atoms with Crippen LogP contribution in [0.2, 0.25) is 0 Å². The molecular weight excluding hydrogens is 562 g/mol. The van der Waals surface area contributed by atoms with Crippen molar-refractivity contribution in [2.75, 3.05) is 20.2 Å². The van der Waals surface area contributed by atoms with Crippen LogP contribution in [-0.2, 0) is 14.3 Å². The van der Waals surface area contributed by atoms with Crippen LogP contribution in [-0.4, -0.2) is 76.0 Å². The van der Waals surface area contributed by atoms with Crippen LogP contribution in [0.15, 0.2) is 54.7 Å². The van der Waals surface area contributed by atoms with E-state index in [1.807, 2.05) is 55.1 Å². The number of aliphatic hydroxyl groups excluding tert-OH is 1. The van der Waals surface area contributed by atoms with Crippen molar-refractivity contribution in [3.05, 3.63) is 66.1 Å². The lowest BCUT2D eigenvalue weighted by atomic mass is 10.0. The average molecular weight is 606 g/mol. The van der Waals surface area contributed by atoms with E-state index in [1.54, 1.807) is 39.1 Å². The van der Waals surface area contributed by atoms with Crippen LogP contribution in [0.4, 0.5) is 4.79 Å². The minimum atomic E-state index is -1.22. The summed E-state index contributed by atoms with van der Waals surface area (Å²) >= 11 is 0. The summed E-state index contributed by atoms with van der Waals surface area (Å²) < 4.78 is 10.1. The minimum absolute atomic E-state index is 0.0444. The molecule has 2 heterocycles. The molecule has 3 atom stereocenters. The van der Waals surface area contributed by atoms with Crippen LogP contribution in [0.5, 0.6) is 0 Å². The van der Waals surface area contributed by atoms with Crippen molar-refractivity contribution < 1.29 is 29.0 Å². The van der Waals surface area contributed by atoms with Crippen LogP contribution in [0.3, 0.4) is 0 Å². The number of methoxy groups -OCH3 is 1. The summed E-state index contributed by atoms with van der Waals surface area (Å²) in [6.07, 6.45) is 1.59. The van der Waals surface area contributed by atoms with Gasteiger partial charge in [-0.25, -0.2) is 9.78 Å². The maximum Gasteiger partial charge on any atom is 0.408 e. The number of hydrogen-bond donors (Lipinski definition) is 4. The molecule has 4 N–H and O–H groups in total. The number of aliphatic hydroxyl groups is 1. The van der Waals surface area contributed by atoms with Crippen molar-refractivity contribution in [3.8, 4) is 22.4 Å². The number of imidazole rings is 1. The number of ketones is 1. The number of H-pyrrole nitrogens is 1. The number of nitrogens with one attached hydrogen (secondary N) is 3. The first-order chi connectivity index (χ1) is 20.9. The van der Waals surface area contributed by atoms with Gasteiger partial charge in [0.15, 0.2) is 5.78 Å². The highest BCUT2D eigenvalue weighted by molar-refractivity contribution is 5.99. The second kappa shape index (κ2) is 14.1. The second-order valence-corrected chi connectivity index (χ2v) is 12.3. The molecule has 1 aliphatic heterocycles. The zero-order valence-electron chi connectivity index (χ0n) is 26.2. The molecule has 1 fully saturated rings. The van der Waals surface area contributed by atoms with E-state index >= 15 is 0 Å². The highest BCUT2D eigenvalue weighted by Gasteiger charge is 2.37. The number of aromatic amines is 1. The number of nitrogens with zero attached hydrogens (tertiary/aromatic N) is 2. The van der Waals surface area contributed by atoms with E-state index in [9.17, 15) is 19.5 Å². The predicted molar refractivity (Wildman–Crippen MR) is 166 cm³/mol. The van der Waals surface area contributed by atoms with Gasteiger partial charge in [0, 0.05) is 19.2 Å². The number of amides is 2. The molecule has 1 aromatic heterocycles. The van der Waals surface area contributed by atoms with E-state index in [2.05, 4.69) is 20.6 Å². The summed E-state index contributed by atoms with van der Waals surface area (Å²) in [6, 6.07) is 14.5. The van der Waals surface area contributed by atoms with Crippen molar-refractivity contribution in [1.29, 1.82) is 0 Å². The minimum Gasteiger partial charge on any atom is -0.444 e. The van der Waals surface area contributed by atoms with E-state index in [0.29, 0.717) is 12.1 Å². The summed E-state index contributed by atoms with van der Waals surface area (Å²) in [6.45, 7) is 9.62. The molecule has 1 unspecified atom stereocenters. The Balaban J connectivity index is 1.39. The summed E-state index contributed by atoms with van der Waals surface area (Å²) in [4.78, 5) is 47.7. The largest absolute Gasteiger partial charge is 0.444 e. The smallest absolute Gasteiger partial charge is 0.408 e. The summed E-state index contributed by atoms with van der Waals surface area (Å²) in [5, 5.41) is 15.3. The number of benzene rings is 2. The summed E-state index contributed by atoms with van der Waals surface area (Å²) in [5.41, 5.74) is 3.59. The van der Waals surface area contributed by atoms with Crippen LogP contribution >= 0.6 is 0 Å². The third kappa shape index (κ3) is 8.31. The van der Waals surface area contributed by atoms with Crippen LogP contribution in [0, 0.1) is 5.92 Å². The Morgan fingerprint density at radius 2 is 1.66 bits per heavy atom. The lowest BCUT2D eigenvalue weighted by Gasteiger charge is -2.31. The van der Waals surface area contributed by atoms with Gasteiger partial charge in [-0.3, -0.25) is 14.9 Å². The first-order valence-corrected chi connectivity index (χ1v) is 14.9. The molecule has 44 heavy (non-hydrogen) atoms. The summed E-state index contributed by atoms with van der Waals surface area (Å²) in [5.74, 6) is 0.384. The van der Waals surface area contributed by atoms with Gasteiger partial charge in [-0.05, 0) is 56.2 Å². The third-order valence-electron chi connectivity index (χ3n) is 7.45. The number of alkyl carbamates (subject to hydrolysis) is 1. The molecule has 2 aromatic carbocycles. The van der Waals surface area contributed by atoms with Gasteiger partial charge in [-0.15, -0.1) is 0 Å². The molecule has 0 spiro atoms. The van der Waals surface area contributed by atoms with Gasteiger partial charge < -0.3 is 29.8 Å². The standard InChI is InChI=1S/C33H43N5O6/c1-20(2)28(37-32(42)43-6)30(40)38-17-7-8-26(38)29-34-18-25(36-29)23-13-9-21(10-14-23)22-11-15-24(16-12-22)27(39)19-35-31(41)44-33(3,4)5/h9-16,18,20,26,28,32,37,42H,7-8,17,19H2,1-6H3,(H,34,36)(H,35,41)/t26-,28-,32?/m0/s1. The zero-order chi connectivity index (χ0) is 32.0. The highest BCUT2D eigenvalue weighted by Crippen LogP contribution is 2.33. The molecule has 0 aliphatic carbocycles. The van der Waals surface area contributed by atoms with Gasteiger partial charge in [0.05, 0.1) is 30.5 Å². The highest BCUT2D eigenvalue weighted by atomic mass is 16.6. The summed E-state index contributed by atoms with van der Waals surface area (Å²) in [7, 11) is 1.38. The van der Waals surface area contributed by atoms with Crippen molar-refractivity contribution in [2.45, 2.75) is 71.6 Å². The number of likely N-dealkylation sites (tertiary alicyclic amines) is 1. The SMILES string of the molecule is COC(O)N[C@H](C(=O)N1CCC[C@H]1c1ncc(-c2ccc(-c3ccc(C(=O)CNC(=O)OC(C)(C)C)cc3)cc2)[nH]1)C(C)C. The molecule has 11 heteroatoms. The zero-order valence-corrected chi connectivity index (χ0v) is 26.2. The molecule has 11 nitrogen and oxygen atoms in total. The quantitative estimate of drug-likeness (QED) is 0.183. The fraction of sp³-hybridized carbons (Fsp3) is 0.455. The molecule has 3 aromatic rings. The normalized spacial score (nSPS) is 16.5. The maximum absolute atomic E-state index is 13.4. The maximum atomic E-state index is 13.4. The fourth-order valence-corrected chi connectivity index (χ4v) is 5.18. The number of Topliss-reactive ketones (excluding diaryl/α,β-unsaturated/α-hetero) is 1. The lowest BCUT2D eigenvalue weighted by Crippen LogP contribution is -2.52. The Morgan fingerprint density at radius 3 is 2.25 bits per heavy atom. The predicted octanol–water partition coefficient (Wildman–Crippen LogP) is 4.65. The number of carbonyl (C=O) groups excluding carboxylic acids is 3. The van der Waals surface area contributed by atoms with Gasteiger partial charge in [0.1, 0.15) is 11.4 Å². The topological polar surface area (TPSA) is 146 Å². The van der Waals surface area contributed by atoms with Crippen molar-refractivity contribution in [2.24, 2.45) is 5.92 Å². The Hall–Kier alpha value is -4.06. The Labute approximate surface area is 258 Å². The molecule has 0 bridgehead atoms. The third-order valence-corrected chi connectivity index (χ3v) is 7.45. The lowest BCUT2D eigenvalue weighted by molar-refractivity contribution is -0.145. The fourth-order valence-electron chi connectivity index (χ4n) is 5.18. The Morgan fingerprint density at radius 1 is 1.05 bits per heavy atom. The number of hydrogen-bond acceptors (Lipinski definition) is 8. The molecule has 4 rings (SSSR count). The van der Waals surface area contributed by atoms with E-state index in [4.69, 9.17) is 9.47 Å². The van der Waals surface area contributed by atoms with Gasteiger partial charge in [0.25, 0.3) is 0 Å². The number of aromatic nitrogens is 2. The molecule has 1 saturated heterocycles. The van der Waals surface area contributed by atoms with E-state index in [-0.39, 0.29) is 30.2 Å². The van der Waals surface area contributed by atoms with Gasteiger partial charge in [0.2, 0.25) is 12.3 Å². The molecular formula is C33H43N5O6. The molecule has 236 valence electrons. The van der Waals surface area contributed by atoms with Crippen molar-refractivity contribution in [1.82, 2.24) is 25.5 Å². The first-order valence-electron chi connectivity index (χ1n) is 14.9. The second-order valence-electron chi connectivity index (χ2n) is 12.3. The van der Waals surface area contributed by atoms with E-state index < -0.39 is 24.2 Å². The number of rotatable bonds is 11. The van der Waals surface area contributed by atoms with Gasteiger partial charge >= 0.3 is 6.09 Å². The molecule has 0 radical (unpaired) electrons. The average Bonchev–Trinajstić information content (AvgIpc) is 3.68. The van der Waals surface area contributed by atoms with Crippen LogP contribution in [0.1, 0.15) is 69.7 Å². The van der Waals surface area contributed by atoms with Crippen molar-refractivity contribution >= 4 is 17.8 Å². The van der Waals surface area contributed by atoms with Crippen LogP contribution < -0.4 is 10.6 Å². The monoisotopic (exact) mass is 605 g/mol. The van der Waals surface area contributed by atoms with E-state index in [1.165, 1.54) is 7.11 Å². The van der Waals surface area contributed by atoms with Gasteiger partial charge in [-0.2, -0.15) is 0 Å². The number of carbonyl (C=O) groups is 3. The number of ether oxygens (including phenoxy) is 2. The Kier molecular flexibility index (Phi) is 10.6. The molecule has 1 aliphatic rings. The van der Waals surface area contributed by atoms with E-state index in [0.717, 1.165) is 41.1 Å². The molecule has 0 saturated carbocycles. The van der Waals surface area contributed by atoms with Crippen LogP contribution in [0.25, 0.3) is 22.4 Å². The van der Waals surface area contributed by atoms with Gasteiger partial charge in [-0.1, -0.05) is 62.4 Å².